The van der Waals surface area contributed by atoms with E-state index in [0.29, 0.717) is 17.2 Å². The molecule has 1 unspecified atom stereocenters. The highest BCUT2D eigenvalue weighted by atomic mass is 19.1. The van der Waals surface area contributed by atoms with Crippen LogP contribution in [0.2, 0.25) is 0 Å². The van der Waals surface area contributed by atoms with E-state index >= 15 is 0 Å². The summed E-state index contributed by atoms with van der Waals surface area (Å²) in [6, 6.07) is 12.6. The molecule has 2 rings (SSSR count). The number of aliphatic hydroxyl groups is 1. The number of nitrogens with one attached hydrogen (secondary N) is 1. The zero-order chi connectivity index (χ0) is 18.9. The normalized spacial score (nSPS) is 11.9. The van der Waals surface area contributed by atoms with Crippen LogP contribution in [0.25, 0.3) is 0 Å². The Labute approximate surface area is 152 Å². The predicted octanol–water partition coefficient (Wildman–Crippen LogP) is 2.14. The first-order chi connectivity index (χ1) is 12.5. The summed E-state index contributed by atoms with van der Waals surface area (Å²) < 4.78 is 23.3. The average Bonchev–Trinajstić information content (AvgIpc) is 2.61. The molecule has 2 N–H and O–H groups in total. The highest BCUT2D eigenvalue weighted by Crippen LogP contribution is 2.16. The van der Waals surface area contributed by atoms with Gasteiger partial charge < -0.3 is 19.9 Å². The van der Waals surface area contributed by atoms with Crippen molar-refractivity contribution >= 4 is 11.6 Å². The summed E-state index contributed by atoms with van der Waals surface area (Å²) in [4.78, 5) is 13.8. The molecule has 0 saturated heterocycles. The largest absolute Gasteiger partial charge is 0.497 e. The highest BCUT2D eigenvalue weighted by Gasteiger charge is 2.13. The van der Waals surface area contributed by atoms with Crippen molar-refractivity contribution in [2.45, 2.75) is 6.10 Å². The van der Waals surface area contributed by atoms with Crippen LogP contribution in [0.4, 0.5) is 10.1 Å². The molecule has 0 aliphatic rings. The third-order valence-corrected chi connectivity index (χ3v) is 3.55. The molecular weight excluding hydrogens is 339 g/mol. The molecule has 2 aromatic rings. The number of ether oxygens (including phenoxy) is 2. The maximum absolute atomic E-state index is 12.8. The van der Waals surface area contributed by atoms with Gasteiger partial charge in [0.25, 0.3) is 0 Å². The van der Waals surface area contributed by atoms with Gasteiger partial charge in [-0.3, -0.25) is 9.69 Å². The lowest BCUT2D eigenvalue weighted by Gasteiger charge is -2.20. The average molecular weight is 362 g/mol. The van der Waals surface area contributed by atoms with Crippen LogP contribution >= 0.6 is 0 Å². The van der Waals surface area contributed by atoms with Gasteiger partial charge in [0.1, 0.15) is 30.0 Å². The molecule has 0 radical (unpaired) electrons. The van der Waals surface area contributed by atoms with E-state index in [1.54, 1.807) is 43.3 Å². The van der Waals surface area contributed by atoms with Crippen molar-refractivity contribution in [3.63, 3.8) is 0 Å². The van der Waals surface area contributed by atoms with Crippen LogP contribution in [-0.2, 0) is 4.79 Å². The number of rotatable bonds is 9. The lowest BCUT2D eigenvalue weighted by atomic mass is 10.3. The topological polar surface area (TPSA) is 71.0 Å². The van der Waals surface area contributed by atoms with Gasteiger partial charge in [-0.05, 0) is 43.4 Å². The highest BCUT2D eigenvalue weighted by molar-refractivity contribution is 5.92. The van der Waals surface area contributed by atoms with E-state index in [0.717, 1.165) is 0 Å². The lowest BCUT2D eigenvalue weighted by Crippen LogP contribution is -2.37. The Balaban J connectivity index is 1.73. The molecule has 0 aromatic heterocycles. The fourth-order valence-corrected chi connectivity index (χ4v) is 2.35. The molecule has 0 fully saturated rings. The summed E-state index contributed by atoms with van der Waals surface area (Å²) in [5.41, 5.74) is 0.642. The van der Waals surface area contributed by atoms with Gasteiger partial charge in [-0.2, -0.15) is 0 Å². The number of methoxy groups -OCH3 is 1. The summed E-state index contributed by atoms with van der Waals surface area (Å²) in [6.07, 6.45) is -0.783. The number of amides is 1. The molecule has 0 saturated carbocycles. The third kappa shape index (κ3) is 6.70. The molecule has 0 bridgehead atoms. The minimum atomic E-state index is -0.783. The molecule has 1 amide bonds. The Morgan fingerprint density at radius 2 is 1.96 bits per heavy atom. The number of aliphatic hydroxyl groups excluding tert-OH is 1. The number of hydrogen-bond acceptors (Lipinski definition) is 5. The predicted molar refractivity (Wildman–Crippen MR) is 97.0 cm³/mol. The number of halogens is 1. The SMILES string of the molecule is COc1cccc(NC(=O)CN(C)CC(O)COc2ccc(F)cc2)c1. The van der Waals surface area contributed by atoms with E-state index in [1.807, 2.05) is 0 Å². The van der Waals surface area contributed by atoms with E-state index < -0.39 is 6.10 Å². The first-order valence-electron chi connectivity index (χ1n) is 8.15. The van der Waals surface area contributed by atoms with Crippen molar-refractivity contribution in [1.29, 1.82) is 0 Å². The van der Waals surface area contributed by atoms with Gasteiger partial charge in [-0.15, -0.1) is 0 Å². The van der Waals surface area contributed by atoms with Gasteiger partial charge in [0.2, 0.25) is 5.91 Å². The summed E-state index contributed by atoms with van der Waals surface area (Å²) in [5, 5.41) is 12.8. The van der Waals surface area contributed by atoms with E-state index in [-0.39, 0.29) is 31.4 Å². The molecule has 7 heteroatoms. The van der Waals surface area contributed by atoms with Crippen LogP contribution < -0.4 is 14.8 Å². The van der Waals surface area contributed by atoms with Gasteiger partial charge in [0, 0.05) is 18.3 Å². The molecule has 0 spiro atoms. The maximum Gasteiger partial charge on any atom is 0.238 e. The zero-order valence-corrected chi connectivity index (χ0v) is 14.8. The van der Waals surface area contributed by atoms with Crippen molar-refractivity contribution in [2.24, 2.45) is 0 Å². The first kappa shape index (κ1) is 19.7. The fourth-order valence-electron chi connectivity index (χ4n) is 2.35. The van der Waals surface area contributed by atoms with Crippen molar-refractivity contribution < 1.29 is 23.8 Å². The Bertz CT molecular complexity index is 709. The standard InChI is InChI=1S/C19H23FN2O4/c1-22(11-16(23)13-26-17-8-6-14(20)7-9-17)12-19(24)21-15-4-3-5-18(10-15)25-2/h3-10,16,23H,11-13H2,1-2H3,(H,21,24). The number of carbonyl (C=O) groups is 1. The van der Waals surface area contributed by atoms with E-state index in [4.69, 9.17) is 9.47 Å². The maximum atomic E-state index is 12.8. The smallest absolute Gasteiger partial charge is 0.238 e. The van der Waals surface area contributed by atoms with Crippen LogP contribution in [0, 0.1) is 5.82 Å². The monoisotopic (exact) mass is 362 g/mol. The molecule has 140 valence electrons. The van der Waals surface area contributed by atoms with Crippen LogP contribution in [0.1, 0.15) is 0 Å². The molecular formula is C19H23FN2O4. The van der Waals surface area contributed by atoms with E-state index in [1.165, 1.54) is 24.3 Å². The van der Waals surface area contributed by atoms with Crippen LogP contribution in [0.5, 0.6) is 11.5 Å². The van der Waals surface area contributed by atoms with Gasteiger partial charge >= 0.3 is 0 Å². The first-order valence-corrected chi connectivity index (χ1v) is 8.15. The Kier molecular flexibility index (Phi) is 7.37. The fraction of sp³-hybridized carbons (Fsp3) is 0.316. The Morgan fingerprint density at radius 3 is 2.65 bits per heavy atom. The second-order valence-electron chi connectivity index (χ2n) is 5.90. The molecule has 26 heavy (non-hydrogen) atoms. The van der Waals surface area contributed by atoms with E-state index in [2.05, 4.69) is 5.32 Å². The number of anilines is 1. The molecule has 0 aliphatic carbocycles. The van der Waals surface area contributed by atoms with Crippen molar-refractivity contribution in [1.82, 2.24) is 4.90 Å². The molecule has 1 atom stereocenters. The molecule has 0 aliphatic heterocycles. The van der Waals surface area contributed by atoms with Gasteiger partial charge in [0.05, 0.1) is 13.7 Å². The molecule has 6 nitrogen and oxygen atoms in total. The van der Waals surface area contributed by atoms with Crippen molar-refractivity contribution in [2.75, 3.05) is 39.2 Å². The van der Waals surface area contributed by atoms with Crippen LogP contribution in [0.15, 0.2) is 48.5 Å². The minimum Gasteiger partial charge on any atom is -0.497 e. The summed E-state index contributed by atoms with van der Waals surface area (Å²) >= 11 is 0. The van der Waals surface area contributed by atoms with Gasteiger partial charge in [-0.1, -0.05) is 6.07 Å². The summed E-state index contributed by atoms with van der Waals surface area (Å²) in [6.45, 7) is 0.422. The molecule has 2 aromatic carbocycles. The third-order valence-electron chi connectivity index (χ3n) is 3.55. The number of likely N-dealkylation sites (N-methyl/N-ethyl adjacent to an activating group) is 1. The number of carbonyl (C=O) groups excluding carboxylic acids is 1. The Hall–Kier alpha value is -2.64. The van der Waals surface area contributed by atoms with E-state index in [9.17, 15) is 14.3 Å². The zero-order valence-electron chi connectivity index (χ0n) is 14.8. The van der Waals surface area contributed by atoms with Crippen molar-refractivity contribution in [3.05, 3.63) is 54.3 Å². The second-order valence-corrected chi connectivity index (χ2v) is 5.90. The number of hydrogen-bond donors (Lipinski definition) is 2. The summed E-state index contributed by atoms with van der Waals surface area (Å²) in [7, 11) is 3.29. The molecule has 0 heterocycles. The van der Waals surface area contributed by atoms with Crippen LogP contribution in [-0.4, -0.2) is 55.9 Å². The number of nitrogens with zero attached hydrogens (tertiary/aromatic N) is 1. The lowest BCUT2D eigenvalue weighted by molar-refractivity contribution is -0.117. The van der Waals surface area contributed by atoms with Crippen LogP contribution in [0.3, 0.4) is 0 Å². The minimum absolute atomic E-state index is 0.0491. The second kappa shape index (κ2) is 9.74. The van der Waals surface area contributed by atoms with Crippen molar-refractivity contribution in [3.8, 4) is 11.5 Å². The van der Waals surface area contributed by atoms with Gasteiger partial charge in [-0.25, -0.2) is 4.39 Å². The summed E-state index contributed by atoms with van der Waals surface area (Å²) in [5.74, 6) is 0.584. The van der Waals surface area contributed by atoms with Gasteiger partial charge in [0.15, 0.2) is 0 Å². The number of benzene rings is 2. The Morgan fingerprint density at radius 1 is 1.23 bits per heavy atom. The quantitative estimate of drug-likeness (QED) is 0.715.